The lowest BCUT2D eigenvalue weighted by atomic mass is 10.1. The fourth-order valence-electron chi connectivity index (χ4n) is 3.24. The number of nitrogens with zero attached hydrogens (tertiary/aromatic N) is 5. The minimum absolute atomic E-state index is 0.209. The average Bonchev–Trinajstić information content (AvgIpc) is 2.64. The molecule has 25 heavy (non-hydrogen) atoms. The maximum Gasteiger partial charge on any atom is 0.151 e. The lowest BCUT2D eigenvalue weighted by Gasteiger charge is -2.35. The van der Waals surface area contributed by atoms with Gasteiger partial charge in [-0.1, -0.05) is 0 Å². The van der Waals surface area contributed by atoms with Crippen LogP contribution in [0.2, 0.25) is 0 Å². The molecule has 134 valence electrons. The van der Waals surface area contributed by atoms with Crippen LogP contribution in [0.1, 0.15) is 17.5 Å². The van der Waals surface area contributed by atoms with Gasteiger partial charge in [-0.15, -0.1) is 5.10 Å². The Morgan fingerprint density at radius 1 is 1.32 bits per heavy atom. The first-order chi connectivity index (χ1) is 12.2. The molecule has 3 heterocycles. The number of likely N-dealkylation sites (N-methyl/N-ethyl adjacent to an activating group) is 1. The normalized spacial score (nSPS) is 18.2. The maximum atomic E-state index is 5.94. The summed E-state index contributed by atoms with van der Waals surface area (Å²) >= 11 is 0. The first-order valence-electron chi connectivity index (χ1n) is 8.94. The second-order valence-electron chi connectivity index (χ2n) is 6.66. The molecule has 6 nitrogen and oxygen atoms in total. The van der Waals surface area contributed by atoms with E-state index in [-0.39, 0.29) is 6.10 Å². The van der Waals surface area contributed by atoms with Crippen LogP contribution in [0.3, 0.4) is 0 Å². The van der Waals surface area contributed by atoms with Crippen molar-refractivity contribution in [3.05, 3.63) is 47.9 Å². The molecular formula is C19H27N5O. The molecule has 1 aliphatic heterocycles. The molecule has 0 aromatic carbocycles. The number of aromatic nitrogens is 3. The van der Waals surface area contributed by atoms with Crippen LogP contribution in [0.5, 0.6) is 0 Å². The second kappa shape index (κ2) is 8.87. The van der Waals surface area contributed by atoms with Gasteiger partial charge in [0.05, 0.1) is 12.7 Å². The molecular weight excluding hydrogens is 314 g/mol. The van der Waals surface area contributed by atoms with E-state index in [2.05, 4.69) is 38.0 Å². The molecule has 2 aromatic rings. The van der Waals surface area contributed by atoms with Crippen molar-refractivity contribution in [2.24, 2.45) is 0 Å². The fourth-order valence-corrected chi connectivity index (χ4v) is 3.24. The molecule has 6 heteroatoms. The second-order valence-corrected chi connectivity index (χ2v) is 6.66. The smallest absolute Gasteiger partial charge is 0.151 e. The van der Waals surface area contributed by atoms with E-state index in [1.165, 1.54) is 11.1 Å². The van der Waals surface area contributed by atoms with Crippen molar-refractivity contribution in [1.82, 2.24) is 20.1 Å². The Balaban J connectivity index is 1.44. The summed E-state index contributed by atoms with van der Waals surface area (Å²) in [5.41, 5.74) is 2.69. The molecule has 1 fully saturated rings. The Hall–Kier alpha value is -2.05. The predicted molar refractivity (Wildman–Crippen MR) is 98.8 cm³/mol. The lowest BCUT2D eigenvalue weighted by molar-refractivity contribution is -0.0237. The standard InChI is InChI=1S/C19H27N5O/c1-16-7-9-20-13-17(16)5-4-10-24-11-12-25-18(15-24)14-23(2)19-6-3-8-21-22-19/h3,6-9,13,18H,4-5,10-12,14-15H2,1-2H3. The van der Waals surface area contributed by atoms with Gasteiger partial charge in [0.2, 0.25) is 0 Å². The van der Waals surface area contributed by atoms with E-state index in [4.69, 9.17) is 4.74 Å². The number of pyridine rings is 1. The van der Waals surface area contributed by atoms with Crippen LogP contribution in [0, 0.1) is 6.92 Å². The number of anilines is 1. The van der Waals surface area contributed by atoms with Gasteiger partial charge in [-0.2, -0.15) is 5.10 Å². The summed E-state index contributed by atoms with van der Waals surface area (Å²) in [5.74, 6) is 0.885. The van der Waals surface area contributed by atoms with Gasteiger partial charge < -0.3 is 9.64 Å². The highest BCUT2D eigenvalue weighted by molar-refractivity contribution is 5.35. The van der Waals surface area contributed by atoms with E-state index in [1.807, 2.05) is 31.6 Å². The highest BCUT2D eigenvalue weighted by atomic mass is 16.5. The van der Waals surface area contributed by atoms with Crippen molar-refractivity contribution >= 4 is 5.82 Å². The maximum absolute atomic E-state index is 5.94. The SMILES string of the molecule is Cc1ccncc1CCCN1CCOC(CN(C)c2cccnn2)C1. The quantitative estimate of drug-likeness (QED) is 0.767. The van der Waals surface area contributed by atoms with E-state index in [0.717, 1.165) is 51.4 Å². The summed E-state index contributed by atoms with van der Waals surface area (Å²) in [4.78, 5) is 8.85. The molecule has 0 bridgehead atoms. The van der Waals surface area contributed by atoms with Crippen molar-refractivity contribution in [1.29, 1.82) is 0 Å². The molecule has 0 radical (unpaired) electrons. The zero-order chi connectivity index (χ0) is 17.5. The molecule has 0 spiro atoms. The topological polar surface area (TPSA) is 54.4 Å². The number of ether oxygens (including phenoxy) is 1. The van der Waals surface area contributed by atoms with E-state index in [0.29, 0.717) is 0 Å². The fraction of sp³-hybridized carbons (Fsp3) is 0.526. The molecule has 3 rings (SSSR count). The van der Waals surface area contributed by atoms with Crippen LogP contribution >= 0.6 is 0 Å². The van der Waals surface area contributed by atoms with Crippen LogP contribution in [0.4, 0.5) is 5.82 Å². The highest BCUT2D eigenvalue weighted by Crippen LogP contribution is 2.13. The van der Waals surface area contributed by atoms with Gasteiger partial charge in [0, 0.05) is 45.3 Å². The summed E-state index contributed by atoms with van der Waals surface area (Å²) in [6.07, 6.45) is 7.99. The van der Waals surface area contributed by atoms with Crippen LogP contribution in [-0.4, -0.2) is 66.0 Å². The Kier molecular flexibility index (Phi) is 6.30. The molecule has 0 aliphatic carbocycles. The summed E-state index contributed by atoms with van der Waals surface area (Å²) in [7, 11) is 2.04. The first kappa shape index (κ1) is 17.8. The van der Waals surface area contributed by atoms with Crippen LogP contribution < -0.4 is 4.90 Å². The zero-order valence-corrected chi connectivity index (χ0v) is 15.1. The summed E-state index contributed by atoms with van der Waals surface area (Å²) in [5, 5.41) is 8.10. The molecule has 0 N–H and O–H groups in total. The van der Waals surface area contributed by atoms with Crippen LogP contribution in [0.15, 0.2) is 36.8 Å². The Labute approximate surface area is 149 Å². The van der Waals surface area contributed by atoms with Gasteiger partial charge in [0.25, 0.3) is 0 Å². The number of hydrogen-bond acceptors (Lipinski definition) is 6. The Bertz CT molecular complexity index is 651. The Morgan fingerprint density at radius 3 is 3.04 bits per heavy atom. The summed E-state index contributed by atoms with van der Waals surface area (Å²) in [6, 6.07) is 5.97. The summed E-state index contributed by atoms with van der Waals surface area (Å²) in [6.45, 7) is 6.86. The molecule has 1 atom stereocenters. The van der Waals surface area contributed by atoms with Gasteiger partial charge >= 0.3 is 0 Å². The van der Waals surface area contributed by atoms with E-state index in [1.54, 1.807) is 6.20 Å². The largest absolute Gasteiger partial charge is 0.374 e. The van der Waals surface area contributed by atoms with Crippen molar-refractivity contribution in [2.75, 3.05) is 44.7 Å². The van der Waals surface area contributed by atoms with Gasteiger partial charge in [0.15, 0.2) is 5.82 Å². The predicted octanol–water partition coefficient (Wildman–Crippen LogP) is 1.95. The molecule has 1 unspecified atom stereocenters. The minimum atomic E-state index is 0.209. The Morgan fingerprint density at radius 2 is 2.24 bits per heavy atom. The molecule has 1 saturated heterocycles. The molecule has 0 amide bonds. The number of rotatable bonds is 7. The number of aryl methyl sites for hydroxylation is 2. The highest BCUT2D eigenvalue weighted by Gasteiger charge is 2.22. The van der Waals surface area contributed by atoms with Gasteiger partial charge in [-0.05, 0) is 55.6 Å². The monoisotopic (exact) mass is 341 g/mol. The van der Waals surface area contributed by atoms with Crippen molar-refractivity contribution < 1.29 is 4.74 Å². The number of morpholine rings is 1. The van der Waals surface area contributed by atoms with Crippen LogP contribution in [-0.2, 0) is 11.2 Å². The third-order valence-corrected chi connectivity index (χ3v) is 4.72. The van der Waals surface area contributed by atoms with E-state index in [9.17, 15) is 0 Å². The third kappa shape index (κ3) is 5.21. The average molecular weight is 341 g/mol. The number of hydrogen-bond donors (Lipinski definition) is 0. The first-order valence-corrected chi connectivity index (χ1v) is 8.94. The van der Waals surface area contributed by atoms with Crippen molar-refractivity contribution in [3.63, 3.8) is 0 Å². The third-order valence-electron chi connectivity index (χ3n) is 4.72. The van der Waals surface area contributed by atoms with Crippen LogP contribution in [0.25, 0.3) is 0 Å². The molecule has 2 aromatic heterocycles. The minimum Gasteiger partial charge on any atom is -0.374 e. The van der Waals surface area contributed by atoms with E-state index >= 15 is 0 Å². The van der Waals surface area contributed by atoms with Gasteiger partial charge in [-0.3, -0.25) is 9.88 Å². The molecule has 0 saturated carbocycles. The van der Waals surface area contributed by atoms with Gasteiger partial charge in [0.1, 0.15) is 0 Å². The lowest BCUT2D eigenvalue weighted by Crippen LogP contribution is -2.47. The van der Waals surface area contributed by atoms with E-state index < -0.39 is 0 Å². The zero-order valence-electron chi connectivity index (χ0n) is 15.1. The van der Waals surface area contributed by atoms with Crippen molar-refractivity contribution in [3.8, 4) is 0 Å². The summed E-state index contributed by atoms with van der Waals surface area (Å²) < 4.78 is 5.94. The molecule has 1 aliphatic rings. The van der Waals surface area contributed by atoms with Gasteiger partial charge in [-0.25, -0.2) is 0 Å². The van der Waals surface area contributed by atoms with Crippen molar-refractivity contribution in [2.45, 2.75) is 25.9 Å².